The molecule has 7 nitrogen and oxygen atoms in total. The third-order valence-electron chi connectivity index (χ3n) is 7.65. The van der Waals surface area contributed by atoms with Crippen molar-refractivity contribution in [2.75, 3.05) is 20.3 Å². The predicted molar refractivity (Wildman–Crippen MR) is 140 cm³/mol. The van der Waals surface area contributed by atoms with Crippen LogP contribution in [0.15, 0.2) is 65.3 Å². The van der Waals surface area contributed by atoms with E-state index in [1.54, 1.807) is 6.07 Å². The van der Waals surface area contributed by atoms with E-state index in [0.29, 0.717) is 36.1 Å². The number of hydrogen-bond donors (Lipinski definition) is 3. The van der Waals surface area contributed by atoms with Gasteiger partial charge in [0.2, 0.25) is 11.8 Å². The van der Waals surface area contributed by atoms with Crippen molar-refractivity contribution in [3.05, 3.63) is 76.6 Å². The summed E-state index contributed by atoms with van der Waals surface area (Å²) in [7, 11) is 1.46. The van der Waals surface area contributed by atoms with Crippen LogP contribution < -0.4 is 4.74 Å². The quantitative estimate of drug-likeness (QED) is 0.320. The highest BCUT2D eigenvalue weighted by Crippen LogP contribution is 2.46. The first-order valence-electron chi connectivity index (χ1n) is 12.9. The summed E-state index contributed by atoms with van der Waals surface area (Å²) in [5.41, 5.74) is 2.86. The van der Waals surface area contributed by atoms with E-state index in [4.69, 9.17) is 4.74 Å². The van der Waals surface area contributed by atoms with Crippen LogP contribution >= 0.6 is 0 Å². The van der Waals surface area contributed by atoms with Gasteiger partial charge < -0.3 is 20.1 Å². The van der Waals surface area contributed by atoms with Crippen molar-refractivity contribution < 1.29 is 34.0 Å². The number of para-hydroxylation sites is 1. The zero-order valence-corrected chi connectivity index (χ0v) is 21.6. The van der Waals surface area contributed by atoms with E-state index in [9.17, 15) is 29.3 Å². The third-order valence-corrected chi connectivity index (χ3v) is 7.65. The second kappa shape index (κ2) is 11.9. The normalized spacial score (nSPS) is 22.6. The van der Waals surface area contributed by atoms with Crippen molar-refractivity contribution in [1.29, 1.82) is 0 Å². The first kappa shape index (κ1) is 27.5. The number of aliphatic hydroxyl groups excluding tert-OH is 2. The molecule has 0 spiro atoms. The molecule has 0 aromatic heterocycles. The largest absolute Gasteiger partial charge is 0.505 e. The van der Waals surface area contributed by atoms with E-state index < -0.39 is 35.4 Å². The maximum Gasteiger partial charge on any atom is 0.233 e. The summed E-state index contributed by atoms with van der Waals surface area (Å²) in [6.45, 7) is 1.72. The first-order chi connectivity index (χ1) is 18.2. The van der Waals surface area contributed by atoms with Crippen molar-refractivity contribution in [1.82, 2.24) is 4.90 Å². The second-order valence-corrected chi connectivity index (χ2v) is 9.94. The average molecular weight is 524 g/mol. The number of fused-ring (bicyclic) bond motifs is 1. The average Bonchev–Trinajstić information content (AvgIpc) is 3.14. The van der Waals surface area contributed by atoms with Crippen LogP contribution in [0.1, 0.15) is 38.2 Å². The smallest absolute Gasteiger partial charge is 0.233 e. The Morgan fingerprint density at radius 2 is 1.92 bits per heavy atom. The minimum atomic E-state index is -0.970. The number of phenols is 1. The van der Waals surface area contributed by atoms with Crippen LogP contribution in [0.3, 0.4) is 0 Å². The lowest BCUT2D eigenvalue weighted by Gasteiger charge is -2.36. The number of rotatable bonds is 10. The Hall–Kier alpha value is -3.49. The number of imide groups is 1. The molecule has 0 radical (unpaired) electrons. The standard InChI is InChI=1S/C30H34FNO6/c1-3-18(13-19-10-11-25(34)24(31)14-19)9-12-26(35)27-20(17-38-21-7-5-4-6-8-21)15-22-28(23(27)16-33)30(37)32(2)29(22)36/h4-8,10-11,13-14,22-23,26,28,33-35H,3,9,12,15-17H2,1-2H3/b18-13+/t22-,23+,26-,28-/m1/s1. The molecule has 2 aromatic rings. The number of carbonyl (C=O) groups is 2. The van der Waals surface area contributed by atoms with Gasteiger partial charge in [-0.1, -0.05) is 42.8 Å². The molecule has 202 valence electrons. The molecule has 1 heterocycles. The highest BCUT2D eigenvalue weighted by atomic mass is 19.1. The molecule has 1 saturated heterocycles. The Bertz CT molecular complexity index is 1240. The Labute approximate surface area is 221 Å². The molecule has 3 N–H and O–H groups in total. The van der Waals surface area contributed by atoms with Gasteiger partial charge in [-0.25, -0.2) is 4.39 Å². The van der Waals surface area contributed by atoms with Gasteiger partial charge in [0.1, 0.15) is 12.4 Å². The summed E-state index contributed by atoms with van der Waals surface area (Å²) in [6.07, 6.45) is 2.62. The van der Waals surface area contributed by atoms with Crippen molar-refractivity contribution in [2.24, 2.45) is 17.8 Å². The fourth-order valence-corrected chi connectivity index (χ4v) is 5.61. The first-order valence-corrected chi connectivity index (χ1v) is 12.9. The Morgan fingerprint density at radius 3 is 2.58 bits per heavy atom. The molecule has 4 rings (SSSR count). The monoisotopic (exact) mass is 523 g/mol. The third kappa shape index (κ3) is 5.66. The second-order valence-electron chi connectivity index (χ2n) is 9.94. The number of aromatic hydroxyl groups is 1. The summed E-state index contributed by atoms with van der Waals surface area (Å²) in [5.74, 6) is -3.10. The summed E-state index contributed by atoms with van der Waals surface area (Å²) in [5, 5.41) is 31.2. The summed E-state index contributed by atoms with van der Waals surface area (Å²) in [4.78, 5) is 26.9. The van der Waals surface area contributed by atoms with Gasteiger partial charge in [0, 0.05) is 13.0 Å². The molecule has 1 fully saturated rings. The maximum atomic E-state index is 13.8. The molecule has 2 aromatic carbocycles. The number of likely N-dealkylation sites (tertiary alicyclic amines) is 1. The number of hydrogen-bond acceptors (Lipinski definition) is 6. The molecule has 8 heteroatoms. The molecule has 1 aliphatic heterocycles. The minimum Gasteiger partial charge on any atom is -0.505 e. The van der Waals surface area contributed by atoms with Crippen molar-refractivity contribution in [2.45, 2.75) is 38.7 Å². The van der Waals surface area contributed by atoms with Crippen LogP contribution in [0.25, 0.3) is 6.08 Å². The zero-order chi connectivity index (χ0) is 27.4. The van der Waals surface area contributed by atoms with Crippen LogP contribution in [0.4, 0.5) is 4.39 Å². The number of nitrogens with zero attached hydrogens (tertiary/aromatic N) is 1. The van der Waals surface area contributed by atoms with Gasteiger partial charge in [-0.05, 0) is 66.7 Å². The zero-order valence-electron chi connectivity index (χ0n) is 21.6. The lowest BCUT2D eigenvalue weighted by molar-refractivity contribution is -0.138. The molecule has 0 bridgehead atoms. The predicted octanol–water partition coefficient (Wildman–Crippen LogP) is 4.08. The summed E-state index contributed by atoms with van der Waals surface area (Å²) < 4.78 is 19.8. The summed E-state index contributed by atoms with van der Waals surface area (Å²) in [6, 6.07) is 13.4. The minimum absolute atomic E-state index is 0.130. The van der Waals surface area contributed by atoms with Crippen LogP contribution in [-0.2, 0) is 9.59 Å². The van der Waals surface area contributed by atoms with Gasteiger partial charge in [0.05, 0.1) is 24.5 Å². The van der Waals surface area contributed by atoms with Gasteiger partial charge in [-0.3, -0.25) is 14.5 Å². The number of amides is 2. The van der Waals surface area contributed by atoms with Crippen LogP contribution in [0, 0.1) is 23.6 Å². The highest BCUT2D eigenvalue weighted by Gasteiger charge is 2.53. The Morgan fingerprint density at radius 1 is 1.18 bits per heavy atom. The van der Waals surface area contributed by atoms with Gasteiger partial charge in [-0.2, -0.15) is 0 Å². The van der Waals surface area contributed by atoms with Crippen molar-refractivity contribution in [3.8, 4) is 11.5 Å². The van der Waals surface area contributed by atoms with Gasteiger partial charge >= 0.3 is 0 Å². The van der Waals surface area contributed by atoms with E-state index >= 15 is 0 Å². The number of phenolic OH excluding ortho intramolecular Hbond substituents is 1. The molecule has 1 aliphatic carbocycles. The fourth-order valence-electron chi connectivity index (χ4n) is 5.61. The van der Waals surface area contributed by atoms with Crippen LogP contribution in [0.2, 0.25) is 0 Å². The van der Waals surface area contributed by atoms with Gasteiger partial charge in [-0.15, -0.1) is 0 Å². The van der Waals surface area contributed by atoms with Crippen LogP contribution in [0.5, 0.6) is 11.5 Å². The van der Waals surface area contributed by atoms with Crippen molar-refractivity contribution in [3.63, 3.8) is 0 Å². The number of allylic oxidation sites excluding steroid dienone is 1. The van der Waals surface area contributed by atoms with Gasteiger partial charge in [0.25, 0.3) is 0 Å². The molecular weight excluding hydrogens is 489 g/mol. The lowest BCUT2D eigenvalue weighted by atomic mass is 9.68. The van der Waals surface area contributed by atoms with E-state index in [-0.39, 0.29) is 31.4 Å². The SMILES string of the molecule is CC/C(=C\c1ccc(O)c(F)c1)CC[C@@H](O)C1=C(COc2ccccc2)C[C@H]2C(=O)N(C)C(=O)[C@H]2[C@H]1CO. The molecule has 2 amide bonds. The molecule has 2 aliphatic rings. The van der Waals surface area contributed by atoms with Crippen molar-refractivity contribution >= 4 is 17.9 Å². The number of halogens is 1. The molecular formula is C30H34FNO6. The number of carbonyl (C=O) groups excluding carboxylic acids is 2. The lowest BCUT2D eigenvalue weighted by Crippen LogP contribution is -2.39. The topological polar surface area (TPSA) is 107 Å². The molecule has 0 saturated carbocycles. The Kier molecular flexibility index (Phi) is 8.64. The summed E-state index contributed by atoms with van der Waals surface area (Å²) >= 11 is 0. The van der Waals surface area contributed by atoms with E-state index in [0.717, 1.165) is 16.0 Å². The van der Waals surface area contributed by atoms with E-state index in [1.807, 2.05) is 43.3 Å². The fraction of sp³-hybridized carbons (Fsp3) is 0.400. The number of aliphatic hydroxyl groups is 2. The van der Waals surface area contributed by atoms with E-state index in [2.05, 4.69) is 0 Å². The molecule has 38 heavy (non-hydrogen) atoms. The van der Waals surface area contributed by atoms with Gasteiger partial charge in [0.15, 0.2) is 11.6 Å². The number of ether oxygens (including phenoxy) is 1. The maximum absolute atomic E-state index is 13.8. The van der Waals surface area contributed by atoms with E-state index in [1.165, 1.54) is 19.2 Å². The molecule has 0 unspecified atom stereocenters. The van der Waals surface area contributed by atoms with Crippen LogP contribution in [-0.4, -0.2) is 58.4 Å². The molecule has 4 atom stereocenters. The Balaban J connectivity index is 1.60. The highest BCUT2D eigenvalue weighted by molar-refractivity contribution is 6.05. The number of benzene rings is 2.